The van der Waals surface area contributed by atoms with Gasteiger partial charge in [-0.25, -0.2) is 4.98 Å². The lowest BCUT2D eigenvalue weighted by Crippen LogP contribution is -2.40. The quantitative estimate of drug-likeness (QED) is 0.875. The summed E-state index contributed by atoms with van der Waals surface area (Å²) in [4.78, 5) is 19.1. The molecule has 2 saturated carbocycles. The number of hydrogen-bond acceptors (Lipinski definition) is 2. The summed E-state index contributed by atoms with van der Waals surface area (Å²) in [7, 11) is 0. The molecule has 1 atom stereocenters. The van der Waals surface area contributed by atoms with E-state index in [0.29, 0.717) is 23.8 Å². The molecule has 1 amide bonds. The number of amides is 1. The summed E-state index contributed by atoms with van der Waals surface area (Å²) in [6.45, 7) is 2.17. The van der Waals surface area contributed by atoms with Crippen LogP contribution < -0.4 is 5.32 Å². The zero-order chi connectivity index (χ0) is 13.2. The van der Waals surface area contributed by atoms with Gasteiger partial charge in [0.2, 0.25) is 5.91 Å². The number of carbonyl (C=O) groups excluding carboxylic acids is 1. The van der Waals surface area contributed by atoms with Gasteiger partial charge in [0, 0.05) is 29.8 Å². The van der Waals surface area contributed by atoms with Gasteiger partial charge in [0.15, 0.2) is 0 Å². The summed E-state index contributed by atoms with van der Waals surface area (Å²) >= 11 is 0. The van der Waals surface area contributed by atoms with E-state index in [1.807, 2.05) is 6.20 Å². The Bertz CT molecular complexity index is 417. The Morgan fingerprint density at radius 1 is 1.32 bits per heavy atom. The molecule has 3 rings (SSSR count). The van der Waals surface area contributed by atoms with Crippen LogP contribution in [0.15, 0.2) is 12.5 Å². The Balaban J connectivity index is 1.47. The highest BCUT2D eigenvalue weighted by atomic mass is 16.2. The fourth-order valence-electron chi connectivity index (χ4n) is 3.23. The number of nitrogens with zero attached hydrogens (tertiary/aromatic N) is 1. The van der Waals surface area contributed by atoms with E-state index in [2.05, 4.69) is 22.2 Å². The molecule has 4 nitrogen and oxygen atoms in total. The fourth-order valence-corrected chi connectivity index (χ4v) is 3.23. The third-order valence-corrected chi connectivity index (χ3v) is 4.76. The summed E-state index contributed by atoms with van der Waals surface area (Å²) in [6.07, 6.45) is 10.7. The van der Waals surface area contributed by atoms with Gasteiger partial charge in [-0.05, 0) is 51.4 Å². The van der Waals surface area contributed by atoms with Crippen LogP contribution in [0.25, 0.3) is 0 Å². The van der Waals surface area contributed by atoms with E-state index in [-0.39, 0.29) is 5.91 Å². The molecule has 104 valence electrons. The number of hydrogen-bond donors (Lipinski definition) is 2. The van der Waals surface area contributed by atoms with E-state index in [0.717, 1.165) is 12.8 Å². The molecule has 0 unspecified atom stereocenters. The number of rotatable bonds is 4. The standard InChI is InChI=1S/C15H23N3O/c1-10(18-15(19)13-6-7-13)11-2-4-12(5-3-11)14-8-16-9-17-14/h8-13H,2-7H2,1H3,(H,16,17)(H,18,19)/t10-,11?,12?/m1/s1. The van der Waals surface area contributed by atoms with Gasteiger partial charge in [-0.3, -0.25) is 4.79 Å². The predicted molar refractivity (Wildman–Crippen MR) is 73.6 cm³/mol. The molecular weight excluding hydrogens is 238 g/mol. The minimum Gasteiger partial charge on any atom is -0.353 e. The summed E-state index contributed by atoms with van der Waals surface area (Å²) in [5.41, 5.74) is 1.27. The van der Waals surface area contributed by atoms with Crippen molar-refractivity contribution < 1.29 is 4.79 Å². The monoisotopic (exact) mass is 261 g/mol. The number of H-pyrrole nitrogens is 1. The van der Waals surface area contributed by atoms with Gasteiger partial charge >= 0.3 is 0 Å². The minimum absolute atomic E-state index is 0.281. The average Bonchev–Trinajstić information content (AvgIpc) is 3.14. The number of nitrogens with one attached hydrogen (secondary N) is 2. The molecule has 0 aliphatic heterocycles. The Hall–Kier alpha value is -1.32. The molecule has 1 aromatic rings. The molecular formula is C15H23N3O. The second-order valence-corrected chi connectivity index (χ2v) is 6.19. The van der Waals surface area contributed by atoms with Gasteiger partial charge < -0.3 is 10.3 Å². The molecule has 19 heavy (non-hydrogen) atoms. The van der Waals surface area contributed by atoms with Gasteiger partial charge in [-0.1, -0.05) is 0 Å². The molecule has 0 radical (unpaired) electrons. The molecule has 2 aliphatic carbocycles. The van der Waals surface area contributed by atoms with Crippen LogP contribution in [0.3, 0.4) is 0 Å². The minimum atomic E-state index is 0.281. The van der Waals surface area contributed by atoms with Crippen LogP contribution in [0.2, 0.25) is 0 Å². The van der Waals surface area contributed by atoms with Crippen LogP contribution in [0.1, 0.15) is 57.1 Å². The van der Waals surface area contributed by atoms with Crippen molar-refractivity contribution >= 4 is 5.91 Å². The Morgan fingerprint density at radius 2 is 2.05 bits per heavy atom. The fraction of sp³-hybridized carbons (Fsp3) is 0.733. The van der Waals surface area contributed by atoms with Gasteiger partial charge in [0.25, 0.3) is 0 Å². The second kappa shape index (κ2) is 5.35. The van der Waals surface area contributed by atoms with Crippen LogP contribution in [0.4, 0.5) is 0 Å². The zero-order valence-corrected chi connectivity index (χ0v) is 11.6. The van der Waals surface area contributed by atoms with Crippen molar-refractivity contribution in [3.05, 3.63) is 18.2 Å². The van der Waals surface area contributed by atoms with Crippen molar-refractivity contribution in [3.63, 3.8) is 0 Å². The number of aromatic nitrogens is 2. The third-order valence-electron chi connectivity index (χ3n) is 4.76. The van der Waals surface area contributed by atoms with Crippen LogP contribution in [0.5, 0.6) is 0 Å². The molecule has 0 aromatic carbocycles. The first-order valence-electron chi connectivity index (χ1n) is 7.52. The number of carbonyl (C=O) groups is 1. The molecule has 0 spiro atoms. The molecule has 0 saturated heterocycles. The summed E-state index contributed by atoms with van der Waals surface area (Å²) in [5, 5.41) is 3.20. The van der Waals surface area contributed by atoms with E-state index < -0.39 is 0 Å². The summed E-state index contributed by atoms with van der Waals surface area (Å²) in [6, 6.07) is 0.329. The molecule has 1 aromatic heterocycles. The van der Waals surface area contributed by atoms with Crippen molar-refractivity contribution in [1.29, 1.82) is 0 Å². The van der Waals surface area contributed by atoms with Crippen molar-refractivity contribution in [2.75, 3.05) is 0 Å². The Morgan fingerprint density at radius 3 is 2.63 bits per heavy atom. The van der Waals surface area contributed by atoms with Gasteiger partial charge in [-0.2, -0.15) is 0 Å². The van der Waals surface area contributed by atoms with Crippen molar-refractivity contribution in [2.24, 2.45) is 11.8 Å². The normalized spacial score (nSPS) is 28.9. The topological polar surface area (TPSA) is 57.8 Å². The van der Waals surface area contributed by atoms with Crippen LogP contribution in [-0.2, 0) is 4.79 Å². The van der Waals surface area contributed by atoms with Gasteiger partial charge in [0.05, 0.1) is 6.33 Å². The van der Waals surface area contributed by atoms with Crippen LogP contribution in [0, 0.1) is 11.8 Å². The lowest BCUT2D eigenvalue weighted by molar-refractivity contribution is -0.123. The lowest BCUT2D eigenvalue weighted by atomic mass is 9.78. The van der Waals surface area contributed by atoms with E-state index in [1.54, 1.807) is 6.33 Å². The molecule has 1 heterocycles. The van der Waals surface area contributed by atoms with E-state index in [4.69, 9.17) is 0 Å². The molecule has 0 bridgehead atoms. The molecule has 2 aliphatic rings. The number of aromatic amines is 1. The van der Waals surface area contributed by atoms with Crippen LogP contribution >= 0.6 is 0 Å². The summed E-state index contributed by atoms with van der Waals surface area (Å²) in [5.74, 6) is 1.87. The average molecular weight is 261 g/mol. The van der Waals surface area contributed by atoms with Crippen molar-refractivity contribution in [3.8, 4) is 0 Å². The Kier molecular flexibility index (Phi) is 3.58. The van der Waals surface area contributed by atoms with Gasteiger partial charge in [0.1, 0.15) is 0 Å². The van der Waals surface area contributed by atoms with Crippen molar-refractivity contribution in [2.45, 2.75) is 57.4 Å². The third kappa shape index (κ3) is 2.99. The molecule has 4 heteroatoms. The highest BCUT2D eigenvalue weighted by molar-refractivity contribution is 5.81. The zero-order valence-electron chi connectivity index (χ0n) is 11.6. The maximum Gasteiger partial charge on any atom is 0.223 e. The highest BCUT2D eigenvalue weighted by Crippen LogP contribution is 2.36. The first kappa shape index (κ1) is 12.7. The van der Waals surface area contributed by atoms with E-state index >= 15 is 0 Å². The van der Waals surface area contributed by atoms with Gasteiger partial charge in [-0.15, -0.1) is 0 Å². The maximum absolute atomic E-state index is 11.8. The Labute approximate surface area is 114 Å². The second-order valence-electron chi connectivity index (χ2n) is 6.19. The first-order valence-corrected chi connectivity index (χ1v) is 7.52. The van der Waals surface area contributed by atoms with E-state index in [1.165, 1.54) is 31.4 Å². The van der Waals surface area contributed by atoms with Crippen molar-refractivity contribution in [1.82, 2.24) is 15.3 Å². The summed E-state index contributed by atoms with van der Waals surface area (Å²) < 4.78 is 0. The SMILES string of the molecule is C[C@@H](NC(=O)C1CC1)C1CCC(c2cnc[nH]2)CC1. The predicted octanol–water partition coefficient (Wildman–Crippen LogP) is 2.60. The molecule has 2 N–H and O–H groups in total. The lowest BCUT2D eigenvalue weighted by Gasteiger charge is -2.32. The first-order chi connectivity index (χ1) is 9.24. The number of imidazole rings is 1. The van der Waals surface area contributed by atoms with Crippen LogP contribution in [-0.4, -0.2) is 21.9 Å². The maximum atomic E-state index is 11.8. The largest absolute Gasteiger partial charge is 0.353 e. The van der Waals surface area contributed by atoms with E-state index in [9.17, 15) is 4.79 Å². The molecule has 2 fully saturated rings. The highest BCUT2D eigenvalue weighted by Gasteiger charge is 2.33. The smallest absolute Gasteiger partial charge is 0.223 e.